The van der Waals surface area contributed by atoms with Gasteiger partial charge in [-0.1, -0.05) is 61.4 Å². The number of ether oxygens (including phenoxy) is 1. The molecule has 2 aromatic rings. The minimum absolute atomic E-state index is 0.0169. The van der Waals surface area contributed by atoms with Gasteiger partial charge in [-0.05, 0) is 42.0 Å². The molecular weight excluding hydrogens is 432 g/mol. The molecular formula is C27H30N2O5. The maximum Gasteiger partial charge on any atom is 0.407 e. The van der Waals surface area contributed by atoms with Crippen LogP contribution in [0, 0.1) is 11.3 Å². The molecule has 7 nitrogen and oxygen atoms in total. The number of carbonyl (C=O) groups excluding carboxylic acids is 2. The summed E-state index contributed by atoms with van der Waals surface area (Å²) < 4.78 is 5.68. The molecule has 0 bridgehead atoms. The first-order valence-corrected chi connectivity index (χ1v) is 12.0. The minimum atomic E-state index is -0.881. The smallest absolute Gasteiger partial charge is 0.407 e. The highest BCUT2D eigenvalue weighted by Crippen LogP contribution is 2.44. The molecule has 2 atom stereocenters. The number of likely N-dealkylation sites (tertiary alicyclic amines) is 1. The van der Waals surface area contributed by atoms with Gasteiger partial charge in [0.1, 0.15) is 6.61 Å². The number of carboxylic acid groups (broad SMARTS) is 1. The predicted molar refractivity (Wildman–Crippen MR) is 126 cm³/mol. The Balaban J connectivity index is 1.21. The average Bonchev–Trinajstić information content (AvgIpc) is 3.14. The number of nitrogens with zero attached hydrogens (tertiary/aromatic N) is 1. The number of hydrogen-bond acceptors (Lipinski definition) is 4. The van der Waals surface area contributed by atoms with Crippen molar-refractivity contribution in [2.24, 2.45) is 11.3 Å². The average molecular weight is 463 g/mol. The fraction of sp³-hybridized carbons (Fsp3) is 0.444. The van der Waals surface area contributed by atoms with Crippen LogP contribution >= 0.6 is 0 Å². The molecule has 2 fully saturated rings. The van der Waals surface area contributed by atoms with Crippen molar-refractivity contribution in [3.05, 3.63) is 59.7 Å². The summed E-state index contributed by atoms with van der Waals surface area (Å²) in [5, 5.41) is 12.3. The van der Waals surface area contributed by atoms with Gasteiger partial charge in [0.05, 0.1) is 11.3 Å². The fourth-order valence-electron chi connectivity index (χ4n) is 5.71. The Hall–Kier alpha value is -3.35. The van der Waals surface area contributed by atoms with Crippen molar-refractivity contribution in [1.29, 1.82) is 0 Å². The molecule has 2 amide bonds. The van der Waals surface area contributed by atoms with Gasteiger partial charge >= 0.3 is 12.1 Å². The standard InChI is InChI=1S/C27H30N2O5/c1-27(25(31)32)15-29(16-27)24(30)21-12-6-7-13-23(21)28-26(33)34-14-22-19-10-4-2-8-17(19)18-9-3-5-11-20(18)22/h2-5,8-11,21-23H,6-7,12-16H2,1H3,(H,28,33)(H,31,32). The summed E-state index contributed by atoms with van der Waals surface area (Å²) in [6, 6.07) is 16.1. The van der Waals surface area contributed by atoms with E-state index in [4.69, 9.17) is 4.74 Å². The summed E-state index contributed by atoms with van der Waals surface area (Å²) in [7, 11) is 0. The lowest BCUT2D eigenvalue weighted by Gasteiger charge is -2.47. The molecule has 1 heterocycles. The molecule has 2 aliphatic carbocycles. The second-order valence-corrected chi connectivity index (χ2v) is 10.0. The fourth-order valence-corrected chi connectivity index (χ4v) is 5.71. The number of aliphatic carboxylic acids is 1. The largest absolute Gasteiger partial charge is 0.481 e. The van der Waals surface area contributed by atoms with Crippen LogP contribution in [0.3, 0.4) is 0 Å². The molecule has 2 aromatic carbocycles. The molecule has 1 saturated carbocycles. The molecule has 0 aromatic heterocycles. The van der Waals surface area contributed by atoms with E-state index >= 15 is 0 Å². The zero-order valence-electron chi connectivity index (χ0n) is 19.3. The number of hydrogen-bond donors (Lipinski definition) is 2. The Bertz CT molecular complexity index is 1080. The summed E-state index contributed by atoms with van der Waals surface area (Å²) in [4.78, 5) is 38.8. The number of rotatable bonds is 5. The van der Waals surface area contributed by atoms with Crippen LogP contribution in [-0.4, -0.2) is 53.7 Å². The topological polar surface area (TPSA) is 95.9 Å². The van der Waals surface area contributed by atoms with Crippen LogP contribution in [0.25, 0.3) is 11.1 Å². The maximum absolute atomic E-state index is 13.1. The van der Waals surface area contributed by atoms with Gasteiger partial charge in [0.2, 0.25) is 5.91 Å². The number of carbonyl (C=O) groups is 3. The van der Waals surface area contributed by atoms with Gasteiger partial charge in [0, 0.05) is 25.0 Å². The van der Waals surface area contributed by atoms with Gasteiger partial charge < -0.3 is 20.1 Å². The van der Waals surface area contributed by atoms with Gasteiger partial charge in [0.15, 0.2) is 0 Å². The van der Waals surface area contributed by atoms with E-state index in [-0.39, 0.29) is 43.5 Å². The van der Waals surface area contributed by atoms with E-state index in [0.29, 0.717) is 12.8 Å². The summed E-state index contributed by atoms with van der Waals surface area (Å²) >= 11 is 0. The van der Waals surface area contributed by atoms with E-state index in [0.717, 1.165) is 24.0 Å². The second-order valence-electron chi connectivity index (χ2n) is 10.0. The molecule has 1 saturated heterocycles. The van der Waals surface area contributed by atoms with Gasteiger partial charge in [-0.15, -0.1) is 0 Å². The van der Waals surface area contributed by atoms with Crippen LogP contribution in [0.2, 0.25) is 0 Å². The van der Waals surface area contributed by atoms with Crippen molar-refractivity contribution in [3.8, 4) is 11.1 Å². The van der Waals surface area contributed by atoms with Gasteiger partial charge in [-0.2, -0.15) is 0 Å². The third-order valence-electron chi connectivity index (χ3n) is 7.64. The first-order valence-electron chi connectivity index (χ1n) is 12.0. The van der Waals surface area contributed by atoms with Gasteiger partial charge in [-0.25, -0.2) is 4.79 Å². The lowest BCUT2D eigenvalue weighted by atomic mass is 9.78. The quantitative estimate of drug-likeness (QED) is 0.700. The third-order valence-corrected chi connectivity index (χ3v) is 7.64. The van der Waals surface area contributed by atoms with Crippen molar-refractivity contribution in [3.63, 3.8) is 0 Å². The number of carboxylic acids is 1. The molecule has 1 aliphatic heterocycles. The predicted octanol–water partition coefficient (Wildman–Crippen LogP) is 4.02. The highest BCUT2D eigenvalue weighted by atomic mass is 16.5. The van der Waals surface area contributed by atoms with Crippen LogP contribution in [0.4, 0.5) is 4.79 Å². The van der Waals surface area contributed by atoms with Crippen molar-refractivity contribution >= 4 is 18.0 Å². The molecule has 3 aliphatic rings. The number of alkyl carbamates (subject to hydrolysis) is 1. The van der Waals surface area contributed by atoms with Crippen LogP contribution in [0.15, 0.2) is 48.5 Å². The Morgan fingerprint density at radius 1 is 1.00 bits per heavy atom. The lowest BCUT2D eigenvalue weighted by molar-refractivity contribution is -0.166. The molecule has 2 N–H and O–H groups in total. The van der Waals surface area contributed by atoms with Gasteiger partial charge in [0.25, 0.3) is 0 Å². The Morgan fingerprint density at radius 2 is 1.59 bits per heavy atom. The van der Waals surface area contributed by atoms with E-state index in [1.807, 2.05) is 24.3 Å². The maximum atomic E-state index is 13.1. The normalized spacial score (nSPS) is 22.8. The summed E-state index contributed by atoms with van der Waals surface area (Å²) in [5.74, 6) is -1.31. The molecule has 7 heteroatoms. The zero-order valence-corrected chi connectivity index (χ0v) is 19.3. The van der Waals surface area contributed by atoms with Crippen molar-refractivity contribution in [2.45, 2.75) is 44.6 Å². The van der Waals surface area contributed by atoms with E-state index in [1.54, 1.807) is 11.8 Å². The van der Waals surface area contributed by atoms with Crippen LogP contribution < -0.4 is 5.32 Å². The monoisotopic (exact) mass is 462 g/mol. The number of benzene rings is 2. The summed E-state index contributed by atoms with van der Waals surface area (Å²) in [5.41, 5.74) is 3.78. The SMILES string of the molecule is CC1(C(=O)O)CN(C(=O)C2CCCCC2NC(=O)OCC2c3ccccc3-c3ccccc32)C1. The number of nitrogens with one attached hydrogen (secondary N) is 1. The number of fused-ring (bicyclic) bond motifs is 3. The van der Waals surface area contributed by atoms with E-state index in [1.165, 1.54) is 11.1 Å². The van der Waals surface area contributed by atoms with Crippen molar-refractivity contribution in [2.75, 3.05) is 19.7 Å². The first-order chi connectivity index (χ1) is 16.4. The Morgan fingerprint density at radius 3 is 2.21 bits per heavy atom. The lowest BCUT2D eigenvalue weighted by Crippen LogP contribution is -2.63. The molecule has 34 heavy (non-hydrogen) atoms. The molecule has 2 unspecified atom stereocenters. The molecule has 178 valence electrons. The minimum Gasteiger partial charge on any atom is -0.481 e. The van der Waals surface area contributed by atoms with Crippen molar-refractivity contribution < 1.29 is 24.2 Å². The second kappa shape index (κ2) is 8.78. The van der Waals surface area contributed by atoms with Gasteiger partial charge in [-0.3, -0.25) is 9.59 Å². The zero-order chi connectivity index (χ0) is 23.9. The molecule has 5 rings (SSSR count). The summed E-state index contributed by atoms with van der Waals surface area (Å²) in [6.45, 7) is 2.32. The Kier molecular flexibility index (Phi) is 5.80. The first kappa shape index (κ1) is 22.4. The molecule has 0 spiro atoms. The van der Waals surface area contributed by atoms with E-state index in [9.17, 15) is 19.5 Å². The number of amides is 2. The van der Waals surface area contributed by atoms with E-state index < -0.39 is 17.5 Å². The van der Waals surface area contributed by atoms with Crippen LogP contribution in [0.1, 0.15) is 49.7 Å². The van der Waals surface area contributed by atoms with E-state index in [2.05, 4.69) is 29.6 Å². The highest BCUT2D eigenvalue weighted by molar-refractivity contribution is 5.85. The van der Waals surface area contributed by atoms with Crippen molar-refractivity contribution in [1.82, 2.24) is 10.2 Å². The summed E-state index contributed by atoms with van der Waals surface area (Å²) in [6.07, 6.45) is 2.75. The van der Waals surface area contributed by atoms with Crippen LogP contribution in [0.5, 0.6) is 0 Å². The van der Waals surface area contributed by atoms with Crippen LogP contribution in [-0.2, 0) is 14.3 Å². The molecule has 0 radical (unpaired) electrons. The Labute approximate surface area is 199 Å². The third kappa shape index (κ3) is 3.93. The highest BCUT2D eigenvalue weighted by Gasteiger charge is 2.49.